The number of benzene rings is 1. The highest BCUT2D eigenvalue weighted by Gasteiger charge is 2.23. The number of aromatic amines is 1. The quantitative estimate of drug-likeness (QED) is 0.444. The van der Waals surface area contributed by atoms with E-state index in [-0.39, 0.29) is 28.6 Å². The zero-order chi connectivity index (χ0) is 20.8. The maximum atomic E-state index is 13.9. The molecule has 0 radical (unpaired) electrons. The highest BCUT2D eigenvalue weighted by Crippen LogP contribution is 2.31. The third-order valence-electron chi connectivity index (χ3n) is 3.91. The van der Waals surface area contributed by atoms with Gasteiger partial charge in [-0.05, 0) is 30.1 Å². The molecule has 2 heterocycles. The minimum atomic E-state index is -1.31. The molecule has 0 fully saturated rings. The van der Waals surface area contributed by atoms with Gasteiger partial charge in [0.1, 0.15) is 17.4 Å². The lowest BCUT2D eigenvalue weighted by atomic mass is 10.1. The first-order chi connectivity index (χ1) is 13.9. The van der Waals surface area contributed by atoms with Gasteiger partial charge < -0.3 is 20.1 Å². The number of H-pyrrole nitrogens is 1. The number of halogens is 1. The van der Waals surface area contributed by atoms with Gasteiger partial charge in [0.05, 0.1) is 6.33 Å². The van der Waals surface area contributed by atoms with Crippen LogP contribution in [0.4, 0.5) is 14.2 Å². The molecule has 0 aliphatic heterocycles. The van der Waals surface area contributed by atoms with E-state index in [0.29, 0.717) is 13.0 Å². The van der Waals surface area contributed by atoms with Crippen LogP contribution in [-0.4, -0.2) is 38.0 Å². The van der Waals surface area contributed by atoms with Crippen LogP contribution in [-0.2, 0) is 13.0 Å². The van der Waals surface area contributed by atoms with Crippen LogP contribution in [0.2, 0.25) is 0 Å². The Balaban J connectivity index is 1.61. The second-order valence-electron chi connectivity index (χ2n) is 6.09. The molecule has 0 bridgehead atoms. The topological polar surface area (TPSA) is 129 Å². The second kappa shape index (κ2) is 9.15. The van der Waals surface area contributed by atoms with E-state index in [4.69, 9.17) is 4.74 Å². The monoisotopic (exact) mass is 419 g/mol. The number of hydrogen-bond acceptors (Lipinski definition) is 6. The molecular weight excluding hydrogens is 401 g/mol. The minimum Gasteiger partial charge on any atom is -0.477 e. The van der Waals surface area contributed by atoms with Crippen molar-refractivity contribution >= 4 is 28.5 Å². The number of carbonyl (C=O) groups excluding carboxylic acids is 1. The van der Waals surface area contributed by atoms with E-state index in [1.165, 1.54) is 12.4 Å². The molecule has 29 heavy (non-hydrogen) atoms. The Labute approximate surface area is 169 Å². The number of carboxylic acid groups (broad SMARTS) is 1. The molecule has 3 rings (SSSR count). The minimum absolute atomic E-state index is 0.0240. The first-order valence-corrected chi connectivity index (χ1v) is 9.34. The molecular formula is C18H18FN5O4S. The smallest absolute Gasteiger partial charge is 0.344 e. The average molecular weight is 419 g/mol. The molecule has 9 nitrogen and oxygen atoms in total. The number of imidazole rings is 1. The number of aromatic nitrogens is 3. The molecule has 0 saturated carbocycles. The van der Waals surface area contributed by atoms with E-state index in [1.807, 2.05) is 0 Å². The summed E-state index contributed by atoms with van der Waals surface area (Å²) in [6.07, 6.45) is 3.72. The summed E-state index contributed by atoms with van der Waals surface area (Å²) in [5.41, 5.74) is 1.60. The van der Waals surface area contributed by atoms with Gasteiger partial charge in [0, 0.05) is 30.4 Å². The number of carboxylic acids is 1. The van der Waals surface area contributed by atoms with Gasteiger partial charge in [-0.1, -0.05) is 12.1 Å². The maximum absolute atomic E-state index is 13.9. The van der Waals surface area contributed by atoms with E-state index in [2.05, 4.69) is 25.0 Å². The number of ether oxygens (including phenoxy) is 1. The fourth-order valence-corrected chi connectivity index (χ4v) is 3.17. The number of carbonyl (C=O) groups is 2. The SMILES string of the molecule is Cc1ccc(COc2nsc(NC(=O)NCCc3cnc[nH]3)c2C(=O)O)c(F)c1. The van der Waals surface area contributed by atoms with Crippen LogP contribution in [0.15, 0.2) is 30.7 Å². The Morgan fingerprint density at radius 1 is 1.38 bits per heavy atom. The molecule has 0 aliphatic rings. The summed E-state index contributed by atoms with van der Waals surface area (Å²) in [4.78, 5) is 30.4. The van der Waals surface area contributed by atoms with Gasteiger partial charge in [-0.2, -0.15) is 4.37 Å². The number of anilines is 1. The number of aryl methyl sites for hydroxylation is 1. The number of aromatic carboxylic acids is 1. The number of urea groups is 1. The van der Waals surface area contributed by atoms with Gasteiger partial charge >= 0.3 is 12.0 Å². The van der Waals surface area contributed by atoms with Crippen molar-refractivity contribution in [2.75, 3.05) is 11.9 Å². The Morgan fingerprint density at radius 3 is 2.90 bits per heavy atom. The van der Waals surface area contributed by atoms with E-state index in [0.717, 1.165) is 22.8 Å². The lowest BCUT2D eigenvalue weighted by molar-refractivity contribution is 0.0693. The largest absolute Gasteiger partial charge is 0.477 e. The number of amides is 2. The van der Waals surface area contributed by atoms with Gasteiger partial charge in [0.15, 0.2) is 5.56 Å². The lowest BCUT2D eigenvalue weighted by Gasteiger charge is -2.08. The molecule has 4 N–H and O–H groups in total. The number of rotatable bonds is 8. The first-order valence-electron chi connectivity index (χ1n) is 8.57. The van der Waals surface area contributed by atoms with Crippen molar-refractivity contribution in [2.24, 2.45) is 0 Å². The summed E-state index contributed by atoms with van der Waals surface area (Å²) in [6, 6.07) is 4.07. The fourth-order valence-electron chi connectivity index (χ4n) is 2.44. The highest BCUT2D eigenvalue weighted by molar-refractivity contribution is 7.11. The molecule has 2 amide bonds. The van der Waals surface area contributed by atoms with Crippen molar-refractivity contribution < 1.29 is 23.8 Å². The second-order valence-corrected chi connectivity index (χ2v) is 6.86. The third-order valence-corrected chi connectivity index (χ3v) is 4.66. The third kappa shape index (κ3) is 5.29. The van der Waals surface area contributed by atoms with Gasteiger partial charge in [-0.25, -0.2) is 19.0 Å². The predicted octanol–water partition coefficient (Wildman–Crippen LogP) is 2.96. The normalized spacial score (nSPS) is 10.6. The molecule has 0 spiro atoms. The number of hydrogen-bond donors (Lipinski definition) is 4. The zero-order valence-corrected chi connectivity index (χ0v) is 16.2. The van der Waals surface area contributed by atoms with Crippen LogP contribution in [0.5, 0.6) is 5.88 Å². The molecule has 0 unspecified atom stereocenters. The number of nitrogens with zero attached hydrogens (tertiary/aromatic N) is 2. The van der Waals surface area contributed by atoms with Crippen LogP contribution in [0.25, 0.3) is 0 Å². The van der Waals surface area contributed by atoms with Crippen molar-refractivity contribution in [1.82, 2.24) is 19.7 Å². The number of nitrogens with one attached hydrogen (secondary N) is 3. The summed E-state index contributed by atoms with van der Waals surface area (Å²) >= 11 is 0.768. The van der Waals surface area contributed by atoms with Crippen molar-refractivity contribution in [3.63, 3.8) is 0 Å². The van der Waals surface area contributed by atoms with Gasteiger partial charge in [0.2, 0.25) is 5.88 Å². The van der Waals surface area contributed by atoms with Crippen molar-refractivity contribution in [3.8, 4) is 5.88 Å². The van der Waals surface area contributed by atoms with Crippen LogP contribution in [0.1, 0.15) is 27.2 Å². The highest BCUT2D eigenvalue weighted by atomic mass is 32.1. The maximum Gasteiger partial charge on any atom is 0.344 e. The zero-order valence-electron chi connectivity index (χ0n) is 15.4. The Morgan fingerprint density at radius 2 is 2.21 bits per heavy atom. The molecule has 0 atom stereocenters. The van der Waals surface area contributed by atoms with E-state index >= 15 is 0 Å². The summed E-state index contributed by atoms with van der Waals surface area (Å²) in [5.74, 6) is -1.95. The molecule has 0 aliphatic carbocycles. The summed E-state index contributed by atoms with van der Waals surface area (Å²) in [5, 5.41) is 14.6. The molecule has 11 heteroatoms. The average Bonchev–Trinajstić information content (AvgIpc) is 3.31. The van der Waals surface area contributed by atoms with Gasteiger partial charge in [0.25, 0.3) is 0 Å². The van der Waals surface area contributed by atoms with Crippen molar-refractivity contribution in [1.29, 1.82) is 0 Å². The van der Waals surface area contributed by atoms with Crippen molar-refractivity contribution in [3.05, 3.63) is 58.9 Å². The van der Waals surface area contributed by atoms with Crippen molar-refractivity contribution in [2.45, 2.75) is 20.0 Å². The summed E-state index contributed by atoms with van der Waals surface area (Å²) in [7, 11) is 0. The van der Waals surface area contributed by atoms with Gasteiger partial charge in [-0.15, -0.1) is 0 Å². The molecule has 2 aromatic heterocycles. The predicted molar refractivity (Wildman–Crippen MR) is 104 cm³/mol. The molecule has 1 aromatic carbocycles. The molecule has 152 valence electrons. The molecule has 0 saturated heterocycles. The van der Waals surface area contributed by atoms with Crippen LogP contribution in [0.3, 0.4) is 0 Å². The van der Waals surface area contributed by atoms with E-state index in [9.17, 15) is 19.1 Å². The standard InChI is InChI=1S/C18H18FN5O4S/c1-10-2-3-11(13(19)6-10)8-28-15-14(17(25)26)16(29-24-15)23-18(27)21-5-4-12-7-20-9-22-12/h2-3,6-7,9H,4-5,8H2,1H3,(H,20,22)(H,25,26)(H2,21,23,27). The van der Waals surface area contributed by atoms with E-state index in [1.54, 1.807) is 25.3 Å². The molecule has 3 aromatic rings. The Hall–Kier alpha value is -3.47. The van der Waals surface area contributed by atoms with Crippen LogP contribution >= 0.6 is 11.5 Å². The Kier molecular flexibility index (Phi) is 6.39. The first kappa shape index (κ1) is 20.3. The van der Waals surface area contributed by atoms with Crippen LogP contribution < -0.4 is 15.4 Å². The van der Waals surface area contributed by atoms with E-state index < -0.39 is 17.8 Å². The summed E-state index contributed by atoms with van der Waals surface area (Å²) in [6.45, 7) is 1.89. The van der Waals surface area contributed by atoms with Crippen LogP contribution in [0, 0.1) is 12.7 Å². The van der Waals surface area contributed by atoms with Gasteiger partial charge in [-0.3, -0.25) is 5.32 Å². The fraction of sp³-hybridized carbons (Fsp3) is 0.222. The lowest BCUT2D eigenvalue weighted by Crippen LogP contribution is -2.30. The summed E-state index contributed by atoms with van der Waals surface area (Å²) < 4.78 is 23.3. The Bertz CT molecular complexity index is 1010.